The summed E-state index contributed by atoms with van der Waals surface area (Å²) in [5, 5.41) is 3.39. The van der Waals surface area contributed by atoms with Crippen LogP contribution in [-0.4, -0.2) is 46.2 Å². The third kappa shape index (κ3) is 3.38. The first kappa shape index (κ1) is 14.7. The minimum Gasteiger partial charge on any atom is -0.468 e. The highest BCUT2D eigenvalue weighted by Crippen LogP contribution is 2.35. The lowest BCUT2D eigenvalue weighted by Crippen LogP contribution is -2.47. The summed E-state index contributed by atoms with van der Waals surface area (Å²) in [6.45, 7) is 3.64. The maximum atomic E-state index is 6.23. The monoisotopic (exact) mass is 314 g/mol. The van der Waals surface area contributed by atoms with Gasteiger partial charge in [0, 0.05) is 25.4 Å². The molecule has 0 bridgehead atoms. The molecule has 0 radical (unpaired) electrons. The summed E-state index contributed by atoms with van der Waals surface area (Å²) in [6, 6.07) is 6.08. The maximum absolute atomic E-state index is 6.23. The Morgan fingerprint density at radius 2 is 2.22 bits per heavy atom. The summed E-state index contributed by atoms with van der Waals surface area (Å²) in [6.07, 6.45) is 8.53. The Bertz CT molecular complexity index is 619. The highest BCUT2D eigenvalue weighted by atomic mass is 16.5. The van der Waals surface area contributed by atoms with Gasteiger partial charge in [0.05, 0.1) is 31.1 Å². The van der Waals surface area contributed by atoms with Crippen LogP contribution in [0.2, 0.25) is 0 Å². The molecule has 1 spiro atoms. The van der Waals surface area contributed by atoms with Crippen molar-refractivity contribution < 1.29 is 9.15 Å². The number of hydrogen-bond acceptors (Lipinski definition) is 6. The van der Waals surface area contributed by atoms with Gasteiger partial charge in [-0.15, -0.1) is 0 Å². The molecule has 2 atom stereocenters. The molecule has 122 valence electrons. The summed E-state index contributed by atoms with van der Waals surface area (Å²) in [5.41, 5.74) is -0.0444. The first-order chi connectivity index (χ1) is 11.3. The number of nitrogens with one attached hydrogen (secondary N) is 1. The Balaban J connectivity index is 1.37. The topological polar surface area (TPSA) is 63.4 Å². The lowest BCUT2D eigenvalue weighted by atomic mass is 9.88. The zero-order valence-corrected chi connectivity index (χ0v) is 13.1. The fourth-order valence-electron chi connectivity index (χ4n) is 3.73. The van der Waals surface area contributed by atoms with E-state index in [1.54, 1.807) is 18.7 Å². The van der Waals surface area contributed by atoms with Gasteiger partial charge in [0.15, 0.2) is 0 Å². The summed E-state index contributed by atoms with van der Waals surface area (Å²) in [7, 11) is 0. The second-order valence-electron chi connectivity index (χ2n) is 6.51. The molecule has 4 heterocycles. The molecule has 1 N–H and O–H groups in total. The Morgan fingerprint density at radius 3 is 3.04 bits per heavy atom. The van der Waals surface area contributed by atoms with Crippen LogP contribution >= 0.6 is 0 Å². The summed E-state index contributed by atoms with van der Waals surface area (Å²) in [5.74, 6) is 1.70. The van der Waals surface area contributed by atoms with Crippen LogP contribution in [0.15, 0.2) is 41.3 Å². The van der Waals surface area contributed by atoms with E-state index in [0.717, 1.165) is 44.7 Å². The molecule has 2 fully saturated rings. The number of likely N-dealkylation sites (tertiary alicyclic amines) is 1. The van der Waals surface area contributed by atoms with Gasteiger partial charge in [0.1, 0.15) is 5.76 Å². The Morgan fingerprint density at radius 1 is 1.30 bits per heavy atom. The average molecular weight is 314 g/mol. The first-order valence-electron chi connectivity index (χ1n) is 8.24. The quantitative estimate of drug-likeness (QED) is 0.934. The third-order valence-corrected chi connectivity index (χ3v) is 4.69. The van der Waals surface area contributed by atoms with Crippen LogP contribution in [0.3, 0.4) is 0 Å². The normalized spacial score (nSPS) is 28.3. The molecule has 2 aliphatic rings. The van der Waals surface area contributed by atoms with E-state index in [1.165, 1.54) is 0 Å². The first-order valence-corrected chi connectivity index (χ1v) is 8.24. The van der Waals surface area contributed by atoms with Crippen LogP contribution < -0.4 is 5.32 Å². The highest BCUT2D eigenvalue weighted by Gasteiger charge is 2.43. The number of piperidine rings is 1. The van der Waals surface area contributed by atoms with Crippen molar-refractivity contribution in [2.45, 2.75) is 37.5 Å². The van der Waals surface area contributed by atoms with Crippen LogP contribution in [0.1, 0.15) is 25.0 Å². The van der Waals surface area contributed by atoms with Crippen molar-refractivity contribution in [2.24, 2.45) is 0 Å². The minimum absolute atomic E-state index is 0.0444. The SMILES string of the molecule is c1cnc(N[C@H]2CO[C@@]3(CCCN(Cc4ccco4)C3)C2)nc1. The molecule has 2 aromatic rings. The van der Waals surface area contributed by atoms with Gasteiger partial charge in [-0.2, -0.15) is 0 Å². The van der Waals surface area contributed by atoms with E-state index < -0.39 is 0 Å². The zero-order chi connectivity index (χ0) is 15.5. The molecule has 2 aromatic heterocycles. The second-order valence-corrected chi connectivity index (χ2v) is 6.51. The number of ether oxygens (including phenoxy) is 1. The Labute approximate surface area is 135 Å². The largest absolute Gasteiger partial charge is 0.468 e. The number of aromatic nitrogens is 2. The predicted molar refractivity (Wildman–Crippen MR) is 86.0 cm³/mol. The Hall–Kier alpha value is -1.92. The molecule has 0 aromatic carbocycles. The molecule has 23 heavy (non-hydrogen) atoms. The van der Waals surface area contributed by atoms with Gasteiger partial charge in [0.25, 0.3) is 0 Å². The summed E-state index contributed by atoms with van der Waals surface area (Å²) in [4.78, 5) is 10.9. The zero-order valence-electron chi connectivity index (χ0n) is 13.1. The highest BCUT2D eigenvalue weighted by molar-refractivity contribution is 5.25. The fraction of sp³-hybridized carbons (Fsp3) is 0.529. The number of furan rings is 1. The van der Waals surface area contributed by atoms with E-state index in [1.807, 2.05) is 18.2 Å². The van der Waals surface area contributed by atoms with Gasteiger partial charge in [0.2, 0.25) is 5.95 Å². The molecule has 0 unspecified atom stereocenters. The van der Waals surface area contributed by atoms with Crippen LogP contribution in [0, 0.1) is 0 Å². The predicted octanol–water partition coefficient (Wildman–Crippen LogP) is 2.31. The molecule has 2 saturated heterocycles. The average Bonchev–Trinajstić information content (AvgIpc) is 3.19. The fourth-order valence-corrected chi connectivity index (χ4v) is 3.73. The van der Waals surface area contributed by atoms with Crippen molar-refractivity contribution in [3.8, 4) is 0 Å². The number of anilines is 1. The molecule has 2 aliphatic heterocycles. The van der Waals surface area contributed by atoms with Crippen molar-refractivity contribution in [2.75, 3.05) is 25.0 Å². The number of nitrogens with zero attached hydrogens (tertiary/aromatic N) is 3. The van der Waals surface area contributed by atoms with Crippen LogP contribution in [-0.2, 0) is 11.3 Å². The van der Waals surface area contributed by atoms with Crippen LogP contribution in [0.5, 0.6) is 0 Å². The lowest BCUT2D eigenvalue weighted by molar-refractivity contribution is -0.0544. The van der Waals surface area contributed by atoms with Gasteiger partial charge >= 0.3 is 0 Å². The molecule has 0 aliphatic carbocycles. The van der Waals surface area contributed by atoms with Gasteiger partial charge in [-0.25, -0.2) is 9.97 Å². The summed E-state index contributed by atoms with van der Waals surface area (Å²) < 4.78 is 11.7. The van der Waals surface area contributed by atoms with Crippen molar-refractivity contribution in [3.63, 3.8) is 0 Å². The van der Waals surface area contributed by atoms with Crippen molar-refractivity contribution in [3.05, 3.63) is 42.6 Å². The van der Waals surface area contributed by atoms with Crippen LogP contribution in [0.25, 0.3) is 0 Å². The van der Waals surface area contributed by atoms with Gasteiger partial charge in [-0.05, 0) is 37.6 Å². The number of hydrogen-bond donors (Lipinski definition) is 1. The second kappa shape index (κ2) is 6.29. The summed E-state index contributed by atoms with van der Waals surface area (Å²) >= 11 is 0. The molecular formula is C17H22N4O2. The van der Waals surface area contributed by atoms with Gasteiger partial charge in [-0.1, -0.05) is 0 Å². The van der Waals surface area contributed by atoms with E-state index in [0.29, 0.717) is 12.6 Å². The molecular weight excluding hydrogens is 292 g/mol. The lowest BCUT2D eigenvalue weighted by Gasteiger charge is -2.39. The van der Waals surface area contributed by atoms with E-state index in [-0.39, 0.29) is 11.6 Å². The van der Waals surface area contributed by atoms with E-state index in [2.05, 4.69) is 20.2 Å². The van der Waals surface area contributed by atoms with Gasteiger partial charge in [-0.3, -0.25) is 4.90 Å². The van der Waals surface area contributed by atoms with Crippen molar-refractivity contribution in [1.82, 2.24) is 14.9 Å². The minimum atomic E-state index is -0.0444. The third-order valence-electron chi connectivity index (χ3n) is 4.69. The van der Waals surface area contributed by atoms with Gasteiger partial charge < -0.3 is 14.5 Å². The molecule has 6 heteroatoms. The van der Waals surface area contributed by atoms with E-state index in [9.17, 15) is 0 Å². The molecule has 0 amide bonds. The standard InChI is InChI=1S/C17H22N4O2/c1-4-15(22-9-1)11-21-8-2-5-17(13-21)10-14(12-23-17)20-16-18-6-3-7-19-16/h1,3-4,6-7,9,14H,2,5,8,10-13H2,(H,18,19,20)/t14-,17+/m1/s1. The molecule has 4 rings (SSSR count). The molecule has 6 nitrogen and oxygen atoms in total. The van der Waals surface area contributed by atoms with E-state index in [4.69, 9.17) is 9.15 Å². The Kier molecular flexibility index (Phi) is 4.01. The van der Waals surface area contributed by atoms with E-state index >= 15 is 0 Å². The number of rotatable bonds is 4. The van der Waals surface area contributed by atoms with Crippen LogP contribution in [0.4, 0.5) is 5.95 Å². The maximum Gasteiger partial charge on any atom is 0.222 e. The smallest absolute Gasteiger partial charge is 0.222 e. The van der Waals surface area contributed by atoms with Crippen molar-refractivity contribution in [1.29, 1.82) is 0 Å². The van der Waals surface area contributed by atoms with Crippen molar-refractivity contribution >= 4 is 5.95 Å². The molecule has 0 saturated carbocycles.